The lowest BCUT2D eigenvalue weighted by atomic mass is 9.82. The van der Waals surface area contributed by atoms with Gasteiger partial charge in [-0.25, -0.2) is 4.39 Å². The largest absolute Gasteiger partial charge is 0.496 e. The number of rotatable bonds is 4. The fourth-order valence-electron chi connectivity index (χ4n) is 4.30. The Morgan fingerprint density at radius 1 is 1.06 bits per heavy atom. The van der Waals surface area contributed by atoms with E-state index in [1.54, 1.807) is 12.1 Å². The lowest BCUT2D eigenvalue weighted by molar-refractivity contribution is -0.205. The second kappa shape index (κ2) is 8.05. The molecule has 4 rings (SSSR count). The van der Waals surface area contributed by atoms with Crippen LogP contribution in [0.3, 0.4) is 0 Å². The highest BCUT2D eigenvalue weighted by Gasteiger charge is 2.53. The zero-order valence-electron chi connectivity index (χ0n) is 17.1. The van der Waals surface area contributed by atoms with Crippen molar-refractivity contribution in [3.8, 4) is 5.75 Å². The number of benzene rings is 2. The molecule has 168 valence electrons. The summed E-state index contributed by atoms with van der Waals surface area (Å²) in [5.74, 6) is -0.0722. The summed E-state index contributed by atoms with van der Waals surface area (Å²) in [6.07, 6.45) is -4.31. The number of methoxy groups -OCH3 is 2. The molecule has 2 heterocycles. The summed E-state index contributed by atoms with van der Waals surface area (Å²) in [4.78, 5) is 0. The van der Waals surface area contributed by atoms with E-state index in [-0.39, 0.29) is 42.8 Å². The van der Waals surface area contributed by atoms with Crippen molar-refractivity contribution >= 4 is 0 Å². The van der Waals surface area contributed by atoms with E-state index in [1.165, 1.54) is 32.4 Å². The molecule has 2 aliphatic heterocycles. The number of hydrogen-bond acceptors (Lipinski definition) is 5. The predicted octanol–water partition coefficient (Wildman–Crippen LogP) is 4.17. The molecule has 9 heteroatoms. The lowest BCUT2D eigenvalue weighted by Crippen LogP contribution is -2.57. The van der Waals surface area contributed by atoms with Crippen LogP contribution in [0, 0.1) is 5.82 Å². The molecular weight excluding hydrogens is 418 g/mol. The summed E-state index contributed by atoms with van der Waals surface area (Å²) in [5.41, 5.74) is -1.93. The Labute approximate surface area is 177 Å². The zero-order valence-corrected chi connectivity index (χ0v) is 17.1. The van der Waals surface area contributed by atoms with Gasteiger partial charge in [-0.1, -0.05) is 12.1 Å². The molecule has 0 amide bonds. The molecule has 1 N–H and O–H groups in total. The first-order chi connectivity index (χ1) is 14.7. The van der Waals surface area contributed by atoms with Crippen molar-refractivity contribution < 1.29 is 36.5 Å². The van der Waals surface area contributed by atoms with Gasteiger partial charge >= 0.3 is 6.18 Å². The maximum atomic E-state index is 13.4. The third-order valence-electron chi connectivity index (χ3n) is 5.89. The monoisotopic (exact) mass is 441 g/mol. The Morgan fingerprint density at radius 3 is 2.45 bits per heavy atom. The molecule has 2 fully saturated rings. The number of hydrogen-bond donors (Lipinski definition) is 1. The second-order valence-electron chi connectivity index (χ2n) is 7.83. The molecule has 1 spiro atoms. The van der Waals surface area contributed by atoms with Crippen LogP contribution >= 0.6 is 0 Å². The summed E-state index contributed by atoms with van der Waals surface area (Å²) in [7, 11) is 2.82. The molecule has 0 aliphatic carbocycles. The van der Waals surface area contributed by atoms with Crippen LogP contribution in [-0.2, 0) is 26.0 Å². The molecule has 0 bridgehead atoms. The van der Waals surface area contributed by atoms with Crippen LogP contribution in [0.4, 0.5) is 17.6 Å². The molecule has 0 radical (unpaired) electrons. The Hall–Kier alpha value is -2.20. The van der Waals surface area contributed by atoms with Gasteiger partial charge < -0.3 is 18.9 Å². The first-order valence-electron chi connectivity index (χ1n) is 9.76. The fourth-order valence-corrected chi connectivity index (χ4v) is 4.30. The molecule has 1 unspecified atom stereocenters. The van der Waals surface area contributed by atoms with Crippen LogP contribution in [0.5, 0.6) is 5.75 Å². The van der Waals surface area contributed by atoms with E-state index < -0.39 is 23.1 Å². The average molecular weight is 441 g/mol. The summed E-state index contributed by atoms with van der Waals surface area (Å²) >= 11 is 0. The molecule has 2 aromatic carbocycles. The average Bonchev–Trinajstić information content (AvgIpc) is 3.15. The molecule has 3 atom stereocenters. The molecule has 5 nitrogen and oxygen atoms in total. The highest BCUT2D eigenvalue weighted by molar-refractivity contribution is 5.43. The highest BCUT2D eigenvalue weighted by atomic mass is 19.4. The van der Waals surface area contributed by atoms with E-state index >= 15 is 0 Å². The van der Waals surface area contributed by atoms with Gasteiger partial charge in [0.1, 0.15) is 22.9 Å². The van der Waals surface area contributed by atoms with Crippen LogP contribution in [0.25, 0.3) is 0 Å². The summed E-state index contributed by atoms with van der Waals surface area (Å²) in [6.45, 7) is 0.529. The summed E-state index contributed by atoms with van der Waals surface area (Å²) in [5, 5.41) is 3.37. The van der Waals surface area contributed by atoms with Crippen LogP contribution in [-0.4, -0.2) is 39.8 Å². The molecule has 31 heavy (non-hydrogen) atoms. The van der Waals surface area contributed by atoms with Gasteiger partial charge in [0.25, 0.3) is 0 Å². The first kappa shape index (κ1) is 22.0. The molecule has 2 saturated heterocycles. The van der Waals surface area contributed by atoms with Gasteiger partial charge in [0.2, 0.25) is 0 Å². The van der Waals surface area contributed by atoms with E-state index in [1.807, 2.05) is 0 Å². The second-order valence-corrected chi connectivity index (χ2v) is 7.83. The van der Waals surface area contributed by atoms with E-state index in [2.05, 4.69) is 5.32 Å². The fraction of sp³-hybridized carbons (Fsp3) is 0.455. The van der Waals surface area contributed by atoms with Gasteiger partial charge in [0.05, 0.1) is 38.5 Å². The zero-order chi connectivity index (χ0) is 22.3. The SMILES string of the molecule is COc1ccc(C(F)(F)F)cc1[C@@]1(OC)COCC2(C1)N[C@@H](c1ccc(F)cc1)CO2. The minimum atomic E-state index is -4.51. The minimum Gasteiger partial charge on any atom is -0.496 e. The van der Waals surface area contributed by atoms with Crippen LogP contribution < -0.4 is 10.1 Å². The third-order valence-corrected chi connectivity index (χ3v) is 5.89. The molecule has 2 aliphatic rings. The number of halogens is 4. The number of nitrogens with one attached hydrogen (secondary N) is 1. The van der Waals surface area contributed by atoms with Crippen molar-refractivity contribution in [3.05, 3.63) is 65.0 Å². The van der Waals surface area contributed by atoms with E-state index in [4.69, 9.17) is 18.9 Å². The molecule has 0 saturated carbocycles. The number of ether oxygens (including phenoxy) is 4. The number of alkyl halides is 3. The van der Waals surface area contributed by atoms with Gasteiger partial charge in [-0.15, -0.1) is 0 Å². The Kier molecular flexibility index (Phi) is 5.72. The van der Waals surface area contributed by atoms with Gasteiger partial charge in [-0.05, 0) is 35.9 Å². The smallest absolute Gasteiger partial charge is 0.416 e. The van der Waals surface area contributed by atoms with E-state index in [0.29, 0.717) is 6.61 Å². The van der Waals surface area contributed by atoms with E-state index in [9.17, 15) is 17.6 Å². The van der Waals surface area contributed by atoms with Crippen molar-refractivity contribution in [3.63, 3.8) is 0 Å². The maximum absolute atomic E-state index is 13.4. The van der Waals surface area contributed by atoms with Gasteiger partial charge in [0, 0.05) is 19.1 Å². The standard InChI is InChI=1S/C22H23F4NO4/c1-28-19-8-5-15(22(24,25)26)9-17(19)20(29-2)11-21(13-30-12-20)27-18(10-31-21)14-3-6-16(23)7-4-14/h3-9,18,27H,10-13H2,1-2H3/t18-,20+,21?/m1/s1. The maximum Gasteiger partial charge on any atom is 0.416 e. The summed E-state index contributed by atoms with van der Waals surface area (Å²) in [6, 6.07) is 9.14. The van der Waals surface area contributed by atoms with Gasteiger partial charge in [-0.2, -0.15) is 13.2 Å². The van der Waals surface area contributed by atoms with Gasteiger partial charge in [0.15, 0.2) is 0 Å². The predicted molar refractivity (Wildman–Crippen MR) is 103 cm³/mol. The Balaban J connectivity index is 1.66. The van der Waals surface area contributed by atoms with Crippen molar-refractivity contribution in [1.29, 1.82) is 0 Å². The van der Waals surface area contributed by atoms with Crippen LogP contribution in [0.1, 0.15) is 29.2 Å². The lowest BCUT2D eigenvalue weighted by Gasteiger charge is -2.45. The molecule has 0 aromatic heterocycles. The Bertz CT molecular complexity index is 936. The molecular formula is C22H23F4NO4. The third kappa shape index (κ3) is 4.15. The quantitative estimate of drug-likeness (QED) is 0.722. The Morgan fingerprint density at radius 2 is 1.81 bits per heavy atom. The van der Waals surface area contributed by atoms with Crippen molar-refractivity contribution in [2.75, 3.05) is 34.0 Å². The minimum absolute atomic E-state index is 0.0369. The highest BCUT2D eigenvalue weighted by Crippen LogP contribution is 2.46. The topological polar surface area (TPSA) is 49.0 Å². The first-order valence-corrected chi connectivity index (χ1v) is 9.76. The van der Waals surface area contributed by atoms with Crippen molar-refractivity contribution in [2.45, 2.75) is 30.0 Å². The van der Waals surface area contributed by atoms with Gasteiger partial charge in [-0.3, -0.25) is 5.32 Å². The normalized spacial score (nSPS) is 28.8. The van der Waals surface area contributed by atoms with Crippen molar-refractivity contribution in [1.82, 2.24) is 5.32 Å². The van der Waals surface area contributed by atoms with Crippen molar-refractivity contribution in [2.24, 2.45) is 0 Å². The van der Waals surface area contributed by atoms with Crippen LogP contribution in [0.2, 0.25) is 0 Å². The summed E-state index contributed by atoms with van der Waals surface area (Å²) < 4.78 is 76.4. The van der Waals surface area contributed by atoms with Crippen LogP contribution in [0.15, 0.2) is 42.5 Å². The van der Waals surface area contributed by atoms with E-state index in [0.717, 1.165) is 17.7 Å². The molecule has 2 aromatic rings.